The van der Waals surface area contributed by atoms with Gasteiger partial charge in [-0.2, -0.15) is 0 Å². The summed E-state index contributed by atoms with van der Waals surface area (Å²) < 4.78 is 17.5. The van der Waals surface area contributed by atoms with Crippen LogP contribution in [0.1, 0.15) is 145 Å². The summed E-state index contributed by atoms with van der Waals surface area (Å²) in [7, 11) is 1.62. The van der Waals surface area contributed by atoms with Gasteiger partial charge in [-0.05, 0) is 82.6 Å². The van der Waals surface area contributed by atoms with Gasteiger partial charge in [-0.25, -0.2) is 4.79 Å². The van der Waals surface area contributed by atoms with E-state index < -0.39 is 128 Å². The molecule has 20 nitrogen and oxygen atoms in total. The van der Waals surface area contributed by atoms with Gasteiger partial charge in [-0.3, -0.25) is 14.6 Å². The third-order valence-electron chi connectivity index (χ3n) is 14.8. The Kier molecular flexibility index (Phi) is 31.1. The SMILES string of the molecule is CN=C(N)NCCC/C=C/CCC[C@H](C)C1OC(=O)/C(C)=C/C=C/C(C)C(O)CC(O)C(C)C(O)CCC(C)C(O)CC2(O)OC(CC(OC(=O)CC(=O)O)CC(O)CC(O)CC(O)/C(C)=C/C=C/C1C)CC(O)C2O. The predicted molar refractivity (Wildman–Crippen MR) is 287 cm³/mol. The van der Waals surface area contributed by atoms with Crippen molar-refractivity contribution in [3.8, 4) is 0 Å². The Bertz CT molecular complexity index is 1930. The van der Waals surface area contributed by atoms with Gasteiger partial charge in [0.2, 0.25) is 0 Å². The molecule has 2 heterocycles. The zero-order chi connectivity index (χ0) is 57.3. The van der Waals surface area contributed by atoms with E-state index in [0.29, 0.717) is 23.7 Å². The number of carbonyl (C=O) groups is 3. The number of aliphatic hydroxyl groups excluding tert-OH is 9. The lowest BCUT2D eigenvalue weighted by atomic mass is 9.84. The summed E-state index contributed by atoms with van der Waals surface area (Å²) >= 11 is 0. The number of carbonyl (C=O) groups excluding carboxylic acids is 2. The third-order valence-corrected chi connectivity index (χ3v) is 14.8. The van der Waals surface area contributed by atoms with Gasteiger partial charge in [0, 0.05) is 75.4 Å². The maximum Gasteiger partial charge on any atom is 0.334 e. The highest BCUT2D eigenvalue weighted by atomic mass is 16.7. The fraction of sp³-hybridized carbons (Fsp3) is 0.750. The van der Waals surface area contributed by atoms with Gasteiger partial charge in [-0.15, -0.1) is 0 Å². The summed E-state index contributed by atoms with van der Waals surface area (Å²) in [4.78, 5) is 41.4. The molecule has 0 aliphatic carbocycles. The Morgan fingerprint density at radius 2 is 1.45 bits per heavy atom. The minimum Gasteiger partial charge on any atom is -0.481 e. The number of cyclic esters (lactones) is 1. The number of aliphatic carboxylic acids is 1. The summed E-state index contributed by atoms with van der Waals surface area (Å²) in [6, 6.07) is 0. The number of ether oxygens (including phenoxy) is 3. The van der Waals surface area contributed by atoms with Gasteiger partial charge in [0.1, 0.15) is 24.7 Å². The monoisotopic (exact) mass is 1080 g/mol. The normalized spacial score (nSPS) is 38.0. The van der Waals surface area contributed by atoms with Crippen LogP contribution in [0.2, 0.25) is 0 Å². The standard InChI is InChI=1S/C56H95N3O17/c1-33-18-15-20-37(5)52(36(4)17-13-11-9-10-12-14-24-59-55(57)58-8)75-54(72)38(6)21-16-19-34(2)46(64)30-47(65)39(7)44(62)23-22-35(3)49(67)32-56(73)53(71)48(66)29-43(76-56)28-42(74-51(70)31-50(68)69)26-40(60)25-41(61)27-45(33)63/h9-10,15-16,18-21,34-37,39-49,52-53,60-67,71,73H,11-14,17,22-32H2,1-8H3,(H,68,69)(H3,57,58,59)/b10-9+,19-16+,20-15+,33-18+,38-21+/t34?,35?,36-,37?,39?,40?,41?,42?,43?,44?,45?,46?,47?,48?,49?,52?,53?,56?/m0/s1. The lowest BCUT2D eigenvalue weighted by Crippen LogP contribution is -2.60. The number of rotatable bonds is 12. The van der Waals surface area contributed by atoms with E-state index in [2.05, 4.69) is 22.5 Å². The van der Waals surface area contributed by atoms with Crippen LogP contribution in [0.3, 0.4) is 0 Å². The average Bonchev–Trinajstić information content (AvgIpc) is 3.34. The molecule has 1 fully saturated rings. The van der Waals surface area contributed by atoms with Crippen molar-refractivity contribution in [2.75, 3.05) is 13.6 Å². The van der Waals surface area contributed by atoms with Crippen LogP contribution in [0.4, 0.5) is 0 Å². The Morgan fingerprint density at radius 1 is 0.816 bits per heavy atom. The number of aliphatic hydroxyl groups is 10. The molecule has 2 aliphatic rings. The third kappa shape index (κ3) is 25.2. The molecule has 0 spiro atoms. The van der Waals surface area contributed by atoms with E-state index in [4.69, 9.17) is 19.9 Å². The van der Waals surface area contributed by atoms with Crippen LogP contribution in [0, 0.1) is 29.6 Å². The highest BCUT2D eigenvalue weighted by molar-refractivity contribution is 5.90. The molecule has 14 N–H and O–H groups in total. The van der Waals surface area contributed by atoms with Gasteiger partial charge in [0.25, 0.3) is 0 Å². The Morgan fingerprint density at radius 3 is 2.11 bits per heavy atom. The number of nitrogens with one attached hydrogen (secondary N) is 1. The number of hydrogen-bond acceptors (Lipinski definition) is 17. The number of carboxylic acids is 1. The van der Waals surface area contributed by atoms with E-state index >= 15 is 0 Å². The second kappa shape index (κ2) is 34.7. The zero-order valence-corrected chi connectivity index (χ0v) is 46.1. The minimum absolute atomic E-state index is 0.0643. The van der Waals surface area contributed by atoms with Crippen molar-refractivity contribution in [2.45, 2.75) is 224 Å². The number of nitrogens with two attached hydrogens (primary N) is 1. The largest absolute Gasteiger partial charge is 0.481 e. The van der Waals surface area contributed by atoms with Crippen molar-refractivity contribution in [2.24, 2.45) is 40.3 Å². The number of allylic oxidation sites excluding steroid dienone is 6. The van der Waals surface area contributed by atoms with Crippen LogP contribution < -0.4 is 11.1 Å². The number of guanidine groups is 1. The maximum absolute atomic E-state index is 13.6. The first-order chi connectivity index (χ1) is 35.7. The number of unbranched alkanes of at least 4 members (excludes halogenated alkanes) is 2. The van der Waals surface area contributed by atoms with Gasteiger partial charge in [-0.1, -0.05) is 83.2 Å². The van der Waals surface area contributed by atoms with Crippen molar-refractivity contribution in [3.05, 3.63) is 59.8 Å². The molecule has 20 heteroatoms. The van der Waals surface area contributed by atoms with Crippen LogP contribution in [0.5, 0.6) is 0 Å². The van der Waals surface area contributed by atoms with Gasteiger partial charge in [0.05, 0.1) is 54.9 Å². The lowest BCUT2D eigenvalue weighted by molar-refractivity contribution is -0.333. The molecule has 0 aromatic heterocycles. The summed E-state index contributed by atoms with van der Waals surface area (Å²) in [5.74, 6) is -7.41. The zero-order valence-electron chi connectivity index (χ0n) is 46.1. The van der Waals surface area contributed by atoms with Crippen molar-refractivity contribution < 1.29 is 84.8 Å². The molecule has 0 aromatic carbocycles. The minimum atomic E-state index is -2.52. The average molecular weight is 1080 g/mol. The van der Waals surface area contributed by atoms with Crippen molar-refractivity contribution >= 4 is 23.9 Å². The number of esters is 2. The molecular formula is C56H95N3O17. The first-order valence-electron chi connectivity index (χ1n) is 27.1. The van der Waals surface area contributed by atoms with Gasteiger partial charge < -0.3 is 81.4 Å². The van der Waals surface area contributed by atoms with E-state index in [0.717, 1.165) is 32.1 Å². The number of carboxylic acid groups (broad SMARTS) is 1. The second-order valence-corrected chi connectivity index (χ2v) is 21.6. The maximum atomic E-state index is 13.6. The van der Waals surface area contributed by atoms with Crippen LogP contribution in [-0.4, -0.2) is 173 Å². The highest BCUT2D eigenvalue weighted by Gasteiger charge is 2.50. The first-order valence-corrected chi connectivity index (χ1v) is 27.1. The molecule has 1 saturated heterocycles. The first kappa shape index (κ1) is 68.0. The van der Waals surface area contributed by atoms with E-state index in [-0.39, 0.29) is 63.2 Å². The topological polar surface area (TPSA) is 352 Å². The molecule has 0 amide bonds. The van der Waals surface area contributed by atoms with Gasteiger partial charge >= 0.3 is 17.9 Å². The highest BCUT2D eigenvalue weighted by Crippen LogP contribution is 2.36. The fourth-order valence-electron chi connectivity index (χ4n) is 9.44. The van der Waals surface area contributed by atoms with E-state index in [9.17, 15) is 70.6 Å². The molecule has 0 saturated carbocycles. The number of hydrogen-bond donors (Lipinski definition) is 13. The van der Waals surface area contributed by atoms with Crippen molar-refractivity contribution in [1.29, 1.82) is 0 Å². The Balaban J connectivity index is 2.43. The molecule has 2 rings (SSSR count). The molecular weight excluding hydrogens is 987 g/mol. The van der Waals surface area contributed by atoms with Crippen molar-refractivity contribution in [3.63, 3.8) is 0 Å². The van der Waals surface area contributed by atoms with Gasteiger partial charge in [0.15, 0.2) is 11.7 Å². The second-order valence-electron chi connectivity index (χ2n) is 21.6. The van der Waals surface area contributed by atoms with E-state index in [1.165, 1.54) is 0 Å². The molecule has 0 radical (unpaired) electrons. The quantitative estimate of drug-likeness (QED) is 0.0333. The summed E-state index contributed by atoms with van der Waals surface area (Å²) in [5.41, 5.74) is 6.49. The van der Waals surface area contributed by atoms with E-state index in [1.54, 1.807) is 72.0 Å². The summed E-state index contributed by atoms with van der Waals surface area (Å²) in [5, 5.41) is 123. The van der Waals surface area contributed by atoms with Crippen LogP contribution in [0.15, 0.2) is 64.7 Å². The molecule has 17 unspecified atom stereocenters. The summed E-state index contributed by atoms with van der Waals surface area (Å²) in [6.45, 7) is 13.0. The number of nitrogens with zero attached hydrogens (tertiary/aromatic N) is 1. The number of fused-ring (bicyclic) bond motifs is 2. The predicted octanol–water partition coefficient (Wildman–Crippen LogP) is 3.37. The van der Waals surface area contributed by atoms with Crippen LogP contribution in [0.25, 0.3) is 0 Å². The Hall–Kier alpha value is -4.06. The molecule has 436 valence electrons. The van der Waals surface area contributed by atoms with Crippen LogP contribution >= 0.6 is 0 Å². The molecule has 0 aromatic rings. The molecule has 2 bridgehead atoms. The van der Waals surface area contributed by atoms with Crippen molar-refractivity contribution in [1.82, 2.24) is 5.32 Å². The Labute approximate surface area is 450 Å². The molecule has 76 heavy (non-hydrogen) atoms. The smallest absolute Gasteiger partial charge is 0.334 e. The number of aliphatic imine (C=N–C) groups is 1. The summed E-state index contributed by atoms with van der Waals surface area (Å²) in [6.07, 6.45) is 1.04. The molecule has 2 aliphatic heterocycles. The lowest BCUT2D eigenvalue weighted by Gasteiger charge is -2.45. The fourth-order valence-corrected chi connectivity index (χ4v) is 9.44. The molecule has 18 atom stereocenters. The van der Waals surface area contributed by atoms with Crippen LogP contribution in [-0.2, 0) is 28.6 Å². The van der Waals surface area contributed by atoms with E-state index in [1.807, 2.05) is 19.9 Å².